The minimum absolute atomic E-state index is 0. The van der Waals surface area contributed by atoms with Crippen molar-refractivity contribution in [3.05, 3.63) is 0 Å². The summed E-state index contributed by atoms with van der Waals surface area (Å²) in [5.74, 6) is 0.185. The van der Waals surface area contributed by atoms with Gasteiger partial charge in [-0.1, -0.05) is 0 Å². The highest BCUT2D eigenvalue weighted by Crippen LogP contribution is 2.12. The summed E-state index contributed by atoms with van der Waals surface area (Å²) < 4.78 is 0. The van der Waals surface area contributed by atoms with Crippen molar-refractivity contribution in [1.82, 2.24) is 15.5 Å². The van der Waals surface area contributed by atoms with E-state index >= 15 is 0 Å². The Balaban J connectivity index is 0.000000980. The van der Waals surface area contributed by atoms with Gasteiger partial charge in [-0.25, -0.2) is 0 Å². The van der Waals surface area contributed by atoms with E-state index in [1.165, 1.54) is 12.8 Å². The topological polar surface area (TPSA) is 44.4 Å². The number of hydrogen-bond donors (Lipinski definition) is 2. The lowest BCUT2D eigenvalue weighted by Crippen LogP contribution is -2.53. The SMILES string of the molecule is Cl.O=C1CN(C2CCNCC2)CCN1. The zero-order valence-corrected chi connectivity index (χ0v) is 9.11. The fraction of sp³-hybridized carbons (Fsp3) is 0.889. The van der Waals surface area contributed by atoms with E-state index in [4.69, 9.17) is 0 Å². The number of nitrogens with zero attached hydrogens (tertiary/aromatic N) is 1. The van der Waals surface area contributed by atoms with E-state index in [0.29, 0.717) is 12.6 Å². The molecule has 2 aliphatic heterocycles. The maximum absolute atomic E-state index is 11.1. The fourth-order valence-electron chi connectivity index (χ4n) is 2.14. The second-order valence-corrected chi connectivity index (χ2v) is 3.80. The summed E-state index contributed by atoms with van der Waals surface area (Å²) >= 11 is 0. The van der Waals surface area contributed by atoms with Crippen LogP contribution in [0.3, 0.4) is 0 Å². The Morgan fingerprint density at radius 3 is 2.57 bits per heavy atom. The number of nitrogens with one attached hydrogen (secondary N) is 2. The van der Waals surface area contributed by atoms with Gasteiger partial charge in [0.2, 0.25) is 5.91 Å². The van der Waals surface area contributed by atoms with Gasteiger partial charge in [-0.05, 0) is 25.9 Å². The third-order valence-corrected chi connectivity index (χ3v) is 2.89. The van der Waals surface area contributed by atoms with E-state index in [-0.39, 0.29) is 18.3 Å². The standard InChI is InChI=1S/C9H17N3O.ClH/c13-9-7-12(6-5-11-9)8-1-3-10-4-2-8;/h8,10H,1-7H2,(H,11,13);1H. The fourth-order valence-corrected chi connectivity index (χ4v) is 2.14. The molecule has 0 saturated carbocycles. The third kappa shape index (κ3) is 2.83. The summed E-state index contributed by atoms with van der Waals surface area (Å²) in [6.45, 7) is 4.65. The van der Waals surface area contributed by atoms with Crippen LogP contribution in [0.2, 0.25) is 0 Å². The van der Waals surface area contributed by atoms with E-state index in [0.717, 1.165) is 26.2 Å². The molecule has 14 heavy (non-hydrogen) atoms. The summed E-state index contributed by atoms with van der Waals surface area (Å²) in [6.07, 6.45) is 2.38. The highest BCUT2D eigenvalue weighted by atomic mass is 35.5. The molecule has 1 amide bonds. The first-order valence-electron chi connectivity index (χ1n) is 5.08. The quantitative estimate of drug-likeness (QED) is 0.631. The molecule has 82 valence electrons. The van der Waals surface area contributed by atoms with E-state index in [1.54, 1.807) is 0 Å². The molecule has 2 N–H and O–H groups in total. The molecule has 0 unspecified atom stereocenters. The van der Waals surface area contributed by atoms with Crippen molar-refractivity contribution in [2.75, 3.05) is 32.7 Å². The Bertz CT molecular complexity index is 194. The molecule has 2 saturated heterocycles. The van der Waals surface area contributed by atoms with Crippen molar-refractivity contribution in [3.8, 4) is 0 Å². The van der Waals surface area contributed by atoms with Crippen LogP contribution in [0.5, 0.6) is 0 Å². The molecule has 0 aromatic heterocycles. The summed E-state index contributed by atoms with van der Waals surface area (Å²) in [5, 5.41) is 6.19. The number of hydrogen-bond acceptors (Lipinski definition) is 3. The molecule has 0 radical (unpaired) electrons. The predicted octanol–water partition coefficient (Wildman–Crippen LogP) is -0.408. The molecule has 0 bridgehead atoms. The van der Waals surface area contributed by atoms with Gasteiger partial charge in [-0.2, -0.15) is 0 Å². The van der Waals surface area contributed by atoms with E-state index < -0.39 is 0 Å². The largest absolute Gasteiger partial charge is 0.354 e. The van der Waals surface area contributed by atoms with E-state index in [1.807, 2.05) is 0 Å². The lowest BCUT2D eigenvalue weighted by Gasteiger charge is -2.36. The van der Waals surface area contributed by atoms with Crippen LogP contribution < -0.4 is 10.6 Å². The molecular weight excluding hydrogens is 202 g/mol. The molecule has 0 aliphatic carbocycles. The molecule has 0 spiro atoms. The number of carbonyl (C=O) groups excluding carboxylic acids is 1. The zero-order valence-electron chi connectivity index (χ0n) is 8.29. The van der Waals surface area contributed by atoms with Gasteiger partial charge >= 0.3 is 0 Å². The van der Waals surface area contributed by atoms with Gasteiger partial charge in [0.25, 0.3) is 0 Å². The maximum atomic E-state index is 11.1. The average molecular weight is 220 g/mol. The number of rotatable bonds is 1. The van der Waals surface area contributed by atoms with Gasteiger partial charge in [0, 0.05) is 19.1 Å². The Morgan fingerprint density at radius 2 is 1.93 bits per heavy atom. The molecule has 0 aromatic carbocycles. The molecule has 2 fully saturated rings. The normalized spacial score (nSPS) is 25.3. The molecule has 2 aliphatic rings. The second kappa shape index (κ2) is 5.53. The smallest absolute Gasteiger partial charge is 0.234 e. The first-order chi connectivity index (χ1) is 6.36. The van der Waals surface area contributed by atoms with E-state index in [2.05, 4.69) is 15.5 Å². The first kappa shape index (κ1) is 11.8. The van der Waals surface area contributed by atoms with Gasteiger partial charge in [0.1, 0.15) is 0 Å². The summed E-state index contributed by atoms with van der Waals surface area (Å²) in [6, 6.07) is 0.632. The van der Waals surface area contributed by atoms with Crippen molar-refractivity contribution in [3.63, 3.8) is 0 Å². The van der Waals surface area contributed by atoms with Gasteiger partial charge in [0.05, 0.1) is 6.54 Å². The van der Waals surface area contributed by atoms with Crippen LogP contribution in [0.1, 0.15) is 12.8 Å². The van der Waals surface area contributed by atoms with E-state index in [9.17, 15) is 4.79 Å². The lowest BCUT2D eigenvalue weighted by atomic mass is 10.0. The highest BCUT2D eigenvalue weighted by molar-refractivity contribution is 5.85. The molecule has 2 rings (SSSR count). The lowest BCUT2D eigenvalue weighted by molar-refractivity contribution is -0.125. The third-order valence-electron chi connectivity index (χ3n) is 2.89. The molecule has 5 heteroatoms. The Kier molecular flexibility index (Phi) is 4.65. The van der Waals surface area contributed by atoms with Gasteiger partial charge in [0.15, 0.2) is 0 Å². The van der Waals surface area contributed by atoms with Crippen LogP contribution in [0.15, 0.2) is 0 Å². The van der Waals surface area contributed by atoms with Crippen LogP contribution in [0, 0.1) is 0 Å². The van der Waals surface area contributed by atoms with Crippen LogP contribution in [0.25, 0.3) is 0 Å². The Morgan fingerprint density at radius 1 is 1.21 bits per heavy atom. The van der Waals surface area contributed by atoms with Crippen molar-refractivity contribution in [1.29, 1.82) is 0 Å². The highest BCUT2D eigenvalue weighted by Gasteiger charge is 2.24. The molecule has 0 atom stereocenters. The molecule has 4 nitrogen and oxygen atoms in total. The number of piperidine rings is 1. The maximum Gasteiger partial charge on any atom is 0.234 e. The van der Waals surface area contributed by atoms with Crippen molar-refractivity contribution in [2.24, 2.45) is 0 Å². The Hall–Kier alpha value is -0.320. The second-order valence-electron chi connectivity index (χ2n) is 3.80. The van der Waals surface area contributed by atoms with Crippen molar-refractivity contribution < 1.29 is 4.79 Å². The van der Waals surface area contributed by atoms with Gasteiger partial charge < -0.3 is 10.6 Å². The monoisotopic (exact) mass is 219 g/mol. The predicted molar refractivity (Wildman–Crippen MR) is 57.7 cm³/mol. The van der Waals surface area contributed by atoms with Gasteiger partial charge in [-0.3, -0.25) is 9.69 Å². The molecule has 2 heterocycles. The Labute approximate surface area is 90.8 Å². The summed E-state index contributed by atoms with van der Waals surface area (Å²) in [4.78, 5) is 13.5. The van der Waals surface area contributed by atoms with Gasteiger partial charge in [-0.15, -0.1) is 12.4 Å². The number of amides is 1. The van der Waals surface area contributed by atoms with Crippen molar-refractivity contribution in [2.45, 2.75) is 18.9 Å². The molecule has 0 aromatic rings. The zero-order chi connectivity index (χ0) is 9.10. The molecular formula is C9H18ClN3O. The minimum Gasteiger partial charge on any atom is -0.354 e. The van der Waals surface area contributed by atoms with Crippen LogP contribution >= 0.6 is 12.4 Å². The first-order valence-corrected chi connectivity index (χ1v) is 5.08. The average Bonchev–Trinajstić information content (AvgIpc) is 2.19. The number of halogens is 1. The summed E-state index contributed by atoms with van der Waals surface area (Å²) in [5.41, 5.74) is 0. The summed E-state index contributed by atoms with van der Waals surface area (Å²) in [7, 11) is 0. The van der Waals surface area contributed by atoms with Crippen LogP contribution in [0.4, 0.5) is 0 Å². The number of piperazine rings is 1. The number of carbonyl (C=O) groups is 1. The van der Waals surface area contributed by atoms with Crippen LogP contribution in [-0.2, 0) is 4.79 Å². The minimum atomic E-state index is 0. The van der Waals surface area contributed by atoms with Crippen molar-refractivity contribution >= 4 is 18.3 Å². The van der Waals surface area contributed by atoms with Crippen LogP contribution in [-0.4, -0.2) is 49.6 Å².